The van der Waals surface area contributed by atoms with E-state index in [1.54, 1.807) is 0 Å². The van der Waals surface area contributed by atoms with E-state index in [-0.39, 0.29) is 5.82 Å². The van der Waals surface area contributed by atoms with Gasteiger partial charge in [-0.15, -0.1) is 9.91 Å². The van der Waals surface area contributed by atoms with Crippen LogP contribution >= 0.6 is 0 Å². The lowest BCUT2D eigenvalue weighted by molar-refractivity contribution is 0.246. The van der Waals surface area contributed by atoms with Gasteiger partial charge in [-0.25, -0.2) is 26.3 Å². The van der Waals surface area contributed by atoms with Crippen LogP contribution in [0.5, 0.6) is 0 Å². The van der Waals surface area contributed by atoms with Crippen molar-refractivity contribution < 1.29 is 9.59 Å². The first kappa shape index (κ1) is 10.7. The second kappa shape index (κ2) is 3.81. The highest BCUT2D eigenvalue weighted by molar-refractivity contribution is 5.89. The maximum absolute atomic E-state index is 10.7. The lowest BCUT2D eigenvalue weighted by atomic mass is 10.6. The molecule has 0 saturated heterocycles. The molecule has 1 aromatic heterocycles. The lowest BCUT2D eigenvalue weighted by Crippen LogP contribution is -2.53. The van der Waals surface area contributed by atoms with Crippen LogP contribution in [0.3, 0.4) is 0 Å². The van der Waals surface area contributed by atoms with Crippen LogP contribution in [0, 0.1) is 0 Å². The number of hydrazine groups is 2. The van der Waals surface area contributed by atoms with Crippen molar-refractivity contribution >= 4 is 17.9 Å². The van der Waals surface area contributed by atoms with Crippen LogP contribution in [0.4, 0.5) is 15.4 Å². The molecule has 1 rings (SSSR count). The molecular weight excluding hydrogens is 204 g/mol. The van der Waals surface area contributed by atoms with Gasteiger partial charge < -0.3 is 11.5 Å². The smallest absolute Gasteiger partial charge is 0.350 e. The molecule has 0 bridgehead atoms. The Morgan fingerprint density at radius 2 is 1.87 bits per heavy atom. The predicted molar refractivity (Wildman–Crippen MR) is 50.5 cm³/mol. The first-order valence-electron chi connectivity index (χ1n) is 3.68. The van der Waals surface area contributed by atoms with Gasteiger partial charge in [0.2, 0.25) is 0 Å². The van der Waals surface area contributed by atoms with E-state index in [0.29, 0.717) is 10.1 Å². The van der Waals surface area contributed by atoms with E-state index in [9.17, 15) is 9.59 Å². The molecule has 0 aliphatic carbocycles. The first-order valence-corrected chi connectivity index (χ1v) is 3.68. The summed E-state index contributed by atoms with van der Waals surface area (Å²) in [7, 11) is 0. The number of nitrogens with two attached hydrogens (primary N) is 4. The monoisotopic (exact) mass is 214 g/mol. The minimum absolute atomic E-state index is 0.00352. The maximum Gasteiger partial charge on any atom is 0.350 e. The molecule has 1 heterocycles. The zero-order chi connectivity index (χ0) is 11.6. The number of primary amides is 2. The fraction of sp³-hybridized carbons (Fsp3) is 0. The Hall–Kier alpha value is -2.33. The molecule has 10 heteroatoms. The van der Waals surface area contributed by atoms with Crippen LogP contribution in [0.2, 0.25) is 0 Å². The molecule has 8 N–H and O–H groups in total. The summed E-state index contributed by atoms with van der Waals surface area (Å²) in [4.78, 5) is 22.3. The quantitative estimate of drug-likeness (QED) is 0.243. The Labute approximate surface area is 83.9 Å². The Kier molecular flexibility index (Phi) is 2.73. The molecular formula is C5H10N8O2. The minimum Gasteiger partial charge on any atom is -0.350 e. The summed E-state index contributed by atoms with van der Waals surface area (Å²) < 4.78 is 0. The molecule has 0 aliphatic rings. The number of urea groups is 2. The van der Waals surface area contributed by atoms with Gasteiger partial charge >= 0.3 is 12.1 Å². The van der Waals surface area contributed by atoms with Crippen LogP contribution in [0.25, 0.3) is 0 Å². The molecule has 4 amide bonds. The van der Waals surface area contributed by atoms with Crippen molar-refractivity contribution in [2.24, 2.45) is 23.2 Å². The van der Waals surface area contributed by atoms with Crippen LogP contribution in [-0.4, -0.2) is 22.0 Å². The summed E-state index contributed by atoms with van der Waals surface area (Å²) in [5.41, 5.74) is 9.82. The summed E-state index contributed by atoms with van der Waals surface area (Å²) in [6.45, 7) is 0. The van der Waals surface area contributed by atoms with Gasteiger partial charge in [-0.05, 0) is 0 Å². The number of aromatic nitrogens is 2. The van der Waals surface area contributed by atoms with Gasteiger partial charge in [-0.3, -0.25) is 0 Å². The van der Waals surface area contributed by atoms with E-state index in [0.717, 1.165) is 4.79 Å². The predicted octanol–water partition coefficient (Wildman–Crippen LogP) is -2.47. The lowest BCUT2D eigenvalue weighted by Gasteiger charge is -2.19. The van der Waals surface area contributed by atoms with Crippen molar-refractivity contribution in [3.63, 3.8) is 0 Å². The SMILES string of the molecule is NC(=O)N(N)c1ccnn1N(N)C(N)=O. The van der Waals surface area contributed by atoms with Crippen LogP contribution in [-0.2, 0) is 0 Å². The average Bonchev–Trinajstić information content (AvgIpc) is 2.63. The number of anilines is 1. The summed E-state index contributed by atoms with van der Waals surface area (Å²) in [6.07, 6.45) is 1.26. The van der Waals surface area contributed by atoms with Gasteiger partial charge in [-0.2, -0.15) is 5.10 Å². The third-order valence-electron chi connectivity index (χ3n) is 1.52. The van der Waals surface area contributed by atoms with Crippen LogP contribution in [0.1, 0.15) is 0 Å². The maximum atomic E-state index is 10.7. The normalized spacial score (nSPS) is 9.73. The highest BCUT2D eigenvalue weighted by Gasteiger charge is 2.18. The van der Waals surface area contributed by atoms with Gasteiger partial charge in [0, 0.05) is 6.07 Å². The average molecular weight is 214 g/mol. The zero-order valence-corrected chi connectivity index (χ0v) is 7.57. The molecule has 0 atom stereocenters. The van der Waals surface area contributed by atoms with Crippen molar-refractivity contribution in [2.45, 2.75) is 0 Å². The molecule has 0 spiro atoms. The second-order valence-corrected chi connectivity index (χ2v) is 2.47. The largest absolute Gasteiger partial charge is 0.350 e. The van der Waals surface area contributed by atoms with E-state index < -0.39 is 12.1 Å². The van der Waals surface area contributed by atoms with E-state index in [4.69, 9.17) is 23.2 Å². The fourth-order valence-electron chi connectivity index (χ4n) is 0.838. The van der Waals surface area contributed by atoms with Crippen molar-refractivity contribution in [3.8, 4) is 0 Å². The second-order valence-electron chi connectivity index (χ2n) is 2.47. The molecule has 82 valence electrons. The van der Waals surface area contributed by atoms with Gasteiger partial charge in [0.15, 0.2) is 5.82 Å². The molecule has 1 aromatic rings. The van der Waals surface area contributed by atoms with Gasteiger partial charge in [0.25, 0.3) is 0 Å². The van der Waals surface area contributed by atoms with Gasteiger partial charge in [0.05, 0.1) is 6.20 Å². The molecule has 10 nitrogen and oxygen atoms in total. The number of rotatable bonds is 2. The summed E-state index contributed by atoms with van der Waals surface area (Å²) >= 11 is 0. The highest BCUT2D eigenvalue weighted by Crippen LogP contribution is 2.08. The van der Waals surface area contributed by atoms with Gasteiger partial charge in [-0.1, -0.05) is 0 Å². The third-order valence-corrected chi connectivity index (χ3v) is 1.52. The van der Waals surface area contributed by atoms with E-state index in [2.05, 4.69) is 5.10 Å². The van der Waals surface area contributed by atoms with E-state index in [1.807, 2.05) is 0 Å². The number of hydrogen-bond donors (Lipinski definition) is 4. The standard InChI is InChI=1S/C5H10N8O2/c6-4(14)11(8)3-1-2-10-13(3)12(9)5(7)15/h1-2H,8-9H2,(H2,6,14)(H2,7,15). The van der Waals surface area contributed by atoms with Crippen LogP contribution < -0.4 is 33.3 Å². The number of nitrogens with zero attached hydrogens (tertiary/aromatic N) is 4. The van der Waals surface area contributed by atoms with Crippen molar-refractivity contribution in [1.82, 2.24) is 9.89 Å². The highest BCUT2D eigenvalue weighted by atomic mass is 16.2. The first-order chi connectivity index (χ1) is 6.95. The molecule has 0 radical (unpaired) electrons. The number of hydrogen-bond acceptors (Lipinski definition) is 5. The Balaban J connectivity index is 3.06. The Morgan fingerprint density at radius 1 is 1.27 bits per heavy atom. The van der Waals surface area contributed by atoms with Gasteiger partial charge in [0.1, 0.15) is 0 Å². The third kappa shape index (κ3) is 1.95. The van der Waals surface area contributed by atoms with Crippen molar-refractivity contribution in [2.75, 3.05) is 10.1 Å². The Morgan fingerprint density at radius 3 is 2.33 bits per heavy atom. The number of carbonyl (C=O) groups is 2. The molecule has 0 aliphatic heterocycles. The zero-order valence-electron chi connectivity index (χ0n) is 7.57. The molecule has 0 aromatic carbocycles. The van der Waals surface area contributed by atoms with E-state index >= 15 is 0 Å². The molecule has 0 unspecified atom stereocenters. The van der Waals surface area contributed by atoms with Crippen molar-refractivity contribution in [3.05, 3.63) is 12.3 Å². The molecule has 0 fully saturated rings. The fourth-order valence-corrected chi connectivity index (χ4v) is 0.838. The van der Waals surface area contributed by atoms with Crippen LogP contribution in [0.15, 0.2) is 12.3 Å². The van der Waals surface area contributed by atoms with E-state index in [1.165, 1.54) is 12.3 Å². The summed E-state index contributed by atoms with van der Waals surface area (Å²) in [5.74, 6) is 10.5. The number of carbonyl (C=O) groups excluding carboxylic acids is 2. The molecule has 15 heavy (non-hydrogen) atoms. The minimum atomic E-state index is -0.974. The summed E-state index contributed by atoms with van der Waals surface area (Å²) in [5, 5.41) is 4.66. The topological polar surface area (TPSA) is 163 Å². The Bertz CT molecular complexity index is 352. The number of amides is 4. The van der Waals surface area contributed by atoms with Crippen molar-refractivity contribution in [1.29, 1.82) is 0 Å². The summed E-state index contributed by atoms with van der Waals surface area (Å²) in [6, 6.07) is -0.583. The molecule has 0 saturated carbocycles.